The van der Waals surface area contributed by atoms with Crippen LogP contribution in [-0.2, 0) is 9.84 Å². The zero-order chi connectivity index (χ0) is 10.8. The van der Waals surface area contributed by atoms with Crippen LogP contribution in [0.15, 0.2) is 23.6 Å². The Labute approximate surface area is 88.3 Å². The van der Waals surface area contributed by atoms with E-state index < -0.39 is 14.6 Å². The lowest BCUT2D eigenvalue weighted by Crippen LogP contribution is -2.34. The third-order valence-corrected chi connectivity index (χ3v) is 5.05. The van der Waals surface area contributed by atoms with E-state index in [2.05, 4.69) is 9.97 Å². The molecule has 14 heavy (non-hydrogen) atoms. The minimum absolute atomic E-state index is 0.0197. The van der Waals surface area contributed by atoms with Gasteiger partial charge in [0, 0.05) is 18.3 Å². The summed E-state index contributed by atoms with van der Waals surface area (Å²) in [5.41, 5.74) is 0. The Morgan fingerprint density at radius 2 is 2.07 bits per heavy atom. The smallest absolute Gasteiger partial charge is 0.203 e. The summed E-state index contributed by atoms with van der Waals surface area (Å²) in [4.78, 5) is 7.47. The van der Waals surface area contributed by atoms with Gasteiger partial charge in [0.05, 0.1) is 10.9 Å². The summed E-state index contributed by atoms with van der Waals surface area (Å²) in [5.74, 6) is 0.0197. The molecule has 0 amide bonds. The number of hydrogen-bond acceptors (Lipinski definition) is 4. The first-order chi connectivity index (χ1) is 6.42. The van der Waals surface area contributed by atoms with E-state index in [1.807, 2.05) is 0 Å². The Kier molecular flexibility index (Phi) is 3.11. The number of alkyl halides is 1. The molecule has 0 aliphatic rings. The summed E-state index contributed by atoms with van der Waals surface area (Å²) in [7, 11) is -3.49. The van der Waals surface area contributed by atoms with Crippen LogP contribution < -0.4 is 0 Å². The van der Waals surface area contributed by atoms with E-state index in [0.717, 1.165) is 0 Å². The van der Waals surface area contributed by atoms with E-state index in [-0.39, 0.29) is 10.9 Å². The number of halogens is 1. The van der Waals surface area contributed by atoms with Crippen molar-refractivity contribution in [2.75, 3.05) is 5.88 Å². The maximum atomic E-state index is 11.9. The minimum atomic E-state index is -3.49. The molecule has 1 aromatic rings. The average molecular weight is 235 g/mol. The molecular formula is C8H11ClN2O2S. The van der Waals surface area contributed by atoms with Gasteiger partial charge >= 0.3 is 0 Å². The van der Waals surface area contributed by atoms with E-state index >= 15 is 0 Å². The first-order valence-corrected chi connectivity index (χ1v) is 6.00. The summed E-state index contributed by atoms with van der Waals surface area (Å²) in [5, 5.41) is -0.0364. The molecule has 0 unspecified atom stereocenters. The number of rotatable bonds is 3. The van der Waals surface area contributed by atoms with Crippen LogP contribution in [-0.4, -0.2) is 29.0 Å². The van der Waals surface area contributed by atoms with Gasteiger partial charge in [0.15, 0.2) is 5.03 Å². The zero-order valence-corrected chi connectivity index (χ0v) is 9.51. The van der Waals surface area contributed by atoms with Crippen molar-refractivity contribution >= 4 is 21.4 Å². The van der Waals surface area contributed by atoms with Crippen molar-refractivity contribution in [1.29, 1.82) is 0 Å². The fourth-order valence-electron chi connectivity index (χ4n) is 0.779. The highest BCUT2D eigenvalue weighted by molar-refractivity contribution is 7.92. The van der Waals surface area contributed by atoms with Crippen LogP contribution in [0, 0.1) is 0 Å². The van der Waals surface area contributed by atoms with Crippen LogP contribution in [0.5, 0.6) is 0 Å². The Hall–Kier alpha value is -0.680. The van der Waals surface area contributed by atoms with Crippen LogP contribution in [0.4, 0.5) is 0 Å². The third kappa shape index (κ3) is 1.88. The molecule has 0 aliphatic heterocycles. The summed E-state index contributed by atoms with van der Waals surface area (Å²) < 4.78 is 22.8. The second-order valence-electron chi connectivity index (χ2n) is 3.44. The van der Waals surface area contributed by atoms with Crippen molar-refractivity contribution in [3.05, 3.63) is 18.6 Å². The molecule has 1 heterocycles. The Balaban J connectivity index is 3.23. The predicted octanol–water partition coefficient (Wildman–Crippen LogP) is 1.27. The lowest BCUT2D eigenvalue weighted by molar-refractivity contribution is 0.557. The standard InChI is InChI=1S/C8H11ClN2O2S/c1-8(2,6-9)14(12,13)7-5-10-3-4-11-7/h3-5H,6H2,1-2H3. The van der Waals surface area contributed by atoms with Gasteiger partial charge in [0.2, 0.25) is 9.84 Å². The molecule has 6 heteroatoms. The van der Waals surface area contributed by atoms with E-state index in [4.69, 9.17) is 11.6 Å². The van der Waals surface area contributed by atoms with Gasteiger partial charge in [-0.05, 0) is 13.8 Å². The molecule has 0 spiro atoms. The monoisotopic (exact) mass is 234 g/mol. The molecule has 78 valence electrons. The molecule has 0 radical (unpaired) electrons. The highest BCUT2D eigenvalue weighted by atomic mass is 35.5. The van der Waals surface area contributed by atoms with Crippen molar-refractivity contribution in [2.24, 2.45) is 0 Å². The maximum absolute atomic E-state index is 11.9. The SMILES string of the molecule is CC(C)(CCl)S(=O)(=O)c1cnccn1. The van der Waals surface area contributed by atoms with Gasteiger partial charge in [0.1, 0.15) is 0 Å². The fourth-order valence-corrected chi connectivity index (χ4v) is 2.32. The number of nitrogens with zero attached hydrogens (tertiary/aromatic N) is 2. The van der Waals surface area contributed by atoms with Gasteiger partial charge in [0.25, 0.3) is 0 Å². The van der Waals surface area contributed by atoms with Crippen LogP contribution in [0.2, 0.25) is 0 Å². The van der Waals surface area contributed by atoms with Crippen molar-refractivity contribution in [3.8, 4) is 0 Å². The Morgan fingerprint density at radius 3 is 2.50 bits per heavy atom. The topological polar surface area (TPSA) is 59.9 Å². The van der Waals surface area contributed by atoms with Gasteiger partial charge in [-0.1, -0.05) is 0 Å². The first kappa shape index (κ1) is 11.4. The van der Waals surface area contributed by atoms with Crippen molar-refractivity contribution in [3.63, 3.8) is 0 Å². The quantitative estimate of drug-likeness (QED) is 0.739. The van der Waals surface area contributed by atoms with E-state index in [1.165, 1.54) is 18.6 Å². The zero-order valence-electron chi connectivity index (χ0n) is 7.94. The molecule has 0 saturated heterocycles. The molecule has 0 N–H and O–H groups in total. The van der Waals surface area contributed by atoms with Crippen molar-refractivity contribution in [2.45, 2.75) is 23.6 Å². The normalized spacial score (nSPS) is 12.8. The molecule has 1 rings (SSSR count). The molecule has 4 nitrogen and oxygen atoms in total. The van der Waals surface area contributed by atoms with Gasteiger partial charge in [-0.25, -0.2) is 13.4 Å². The molecule has 0 aliphatic carbocycles. The summed E-state index contributed by atoms with van der Waals surface area (Å²) in [6, 6.07) is 0. The van der Waals surface area contributed by atoms with Crippen molar-refractivity contribution < 1.29 is 8.42 Å². The predicted molar refractivity (Wildman–Crippen MR) is 54.0 cm³/mol. The highest BCUT2D eigenvalue weighted by Crippen LogP contribution is 2.24. The Morgan fingerprint density at radius 1 is 1.43 bits per heavy atom. The summed E-state index contributed by atoms with van der Waals surface area (Å²) in [6.45, 7) is 3.12. The van der Waals surface area contributed by atoms with Crippen LogP contribution in [0.1, 0.15) is 13.8 Å². The molecular weight excluding hydrogens is 224 g/mol. The number of aromatic nitrogens is 2. The van der Waals surface area contributed by atoms with Crippen LogP contribution >= 0.6 is 11.6 Å². The maximum Gasteiger partial charge on any atom is 0.203 e. The van der Waals surface area contributed by atoms with E-state index in [9.17, 15) is 8.42 Å². The first-order valence-electron chi connectivity index (χ1n) is 3.98. The second kappa shape index (κ2) is 3.82. The number of sulfone groups is 1. The van der Waals surface area contributed by atoms with Crippen molar-refractivity contribution in [1.82, 2.24) is 9.97 Å². The molecule has 0 bridgehead atoms. The highest BCUT2D eigenvalue weighted by Gasteiger charge is 2.36. The number of hydrogen-bond donors (Lipinski definition) is 0. The lowest BCUT2D eigenvalue weighted by Gasteiger charge is -2.20. The van der Waals surface area contributed by atoms with Gasteiger partial charge < -0.3 is 0 Å². The lowest BCUT2D eigenvalue weighted by atomic mass is 10.2. The van der Waals surface area contributed by atoms with Gasteiger partial charge in [-0.3, -0.25) is 4.98 Å². The average Bonchev–Trinajstić information content (AvgIpc) is 2.19. The van der Waals surface area contributed by atoms with E-state index in [1.54, 1.807) is 13.8 Å². The fraction of sp³-hybridized carbons (Fsp3) is 0.500. The Bertz CT molecular complexity index is 403. The molecule has 0 saturated carbocycles. The minimum Gasteiger partial charge on any atom is -0.260 e. The van der Waals surface area contributed by atoms with Crippen LogP contribution in [0.25, 0.3) is 0 Å². The van der Waals surface area contributed by atoms with Gasteiger partial charge in [-0.2, -0.15) is 0 Å². The summed E-state index contributed by atoms with van der Waals surface area (Å²) in [6.07, 6.45) is 3.99. The van der Waals surface area contributed by atoms with Crippen LogP contribution in [0.3, 0.4) is 0 Å². The van der Waals surface area contributed by atoms with Gasteiger partial charge in [-0.15, -0.1) is 11.6 Å². The second-order valence-corrected chi connectivity index (χ2v) is 6.24. The molecule has 0 fully saturated rings. The molecule has 0 aromatic carbocycles. The third-order valence-electron chi connectivity index (χ3n) is 1.86. The van der Waals surface area contributed by atoms with E-state index in [0.29, 0.717) is 0 Å². The molecule has 0 atom stereocenters. The largest absolute Gasteiger partial charge is 0.260 e. The summed E-state index contributed by atoms with van der Waals surface area (Å²) >= 11 is 5.60. The molecule has 1 aromatic heterocycles.